The molecule has 0 saturated carbocycles. The third kappa shape index (κ3) is 2.81. The van der Waals surface area contributed by atoms with Gasteiger partial charge in [-0.05, 0) is 19.9 Å². The van der Waals surface area contributed by atoms with E-state index < -0.39 is 21.3 Å². The van der Waals surface area contributed by atoms with Gasteiger partial charge >= 0.3 is 5.69 Å². The molecule has 0 bridgehead atoms. The summed E-state index contributed by atoms with van der Waals surface area (Å²) >= 11 is 0. The summed E-state index contributed by atoms with van der Waals surface area (Å²) in [7, 11) is 0.671. The number of nitrogens with one attached hydrogen (secondary N) is 1. The van der Waals surface area contributed by atoms with E-state index in [4.69, 9.17) is 0 Å². The summed E-state index contributed by atoms with van der Waals surface area (Å²) in [5.41, 5.74) is -1.33. The van der Waals surface area contributed by atoms with Crippen LogP contribution in [0.5, 0.6) is 0 Å². The highest BCUT2D eigenvalue weighted by Crippen LogP contribution is 2.17. The first kappa shape index (κ1) is 15.9. The van der Waals surface area contributed by atoms with Gasteiger partial charge < -0.3 is 9.88 Å². The molecule has 1 aliphatic heterocycles. The molecule has 1 aliphatic rings. The molecule has 1 N–H and O–H groups in total. The molecule has 0 radical (unpaired) electrons. The Hall–Kier alpha value is -1.45. The maximum absolute atomic E-state index is 12.6. The Morgan fingerprint density at radius 1 is 1.19 bits per heavy atom. The fourth-order valence-corrected chi connectivity index (χ4v) is 4.09. The summed E-state index contributed by atoms with van der Waals surface area (Å²) in [5, 5.41) is 3.12. The van der Waals surface area contributed by atoms with Gasteiger partial charge in [0.25, 0.3) is 5.56 Å². The van der Waals surface area contributed by atoms with Gasteiger partial charge in [-0.25, -0.2) is 13.2 Å². The van der Waals surface area contributed by atoms with Gasteiger partial charge in [0, 0.05) is 39.4 Å². The van der Waals surface area contributed by atoms with Crippen LogP contribution in [0.4, 0.5) is 0 Å². The second-order valence-corrected chi connectivity index (χ2v) is 7.12. The summed E-state index contributed by atoms with van der Waals surface area (Å²) in [4.78, 5) is 23.4. The number of nitrogens with zero attached hydrogens (tertiary/aromatic N) is 3. The molecule has 1 aromatic heterocycles. The summed E-state index contributed by atoms with van der Waals surface area (Å²) in [6.45, 7) is 0.722. The molecule has 0 aliphatic carbocycles. The molecule has 0 unspecified atom stereocenters. The van der Waals surface area contributed by atoms with Crippen LogP contribution in [-0.2, 0) is 24.1 Å². The van der Waals surface area contributed by atoms with E-state index in [2.05, 4.69) is 5.32 Å². The molecular formula is C12H20N4O4S. The Labute approximate surface area is 123 Å². The Kier molecular flexibility index (Phi) is 4.35. The number of aromatic nitrogens is 2. The number of aryl methyl sites for hydroxylation is 1. The molecular weight excluding hydrogens is 296 g/mol. The number of hydrogen-bond acceptors (Lipinski definition) is 5. The SMILES string of the molecule is CNC1CCN(S(=O)(=O)c2cn(C)c(=O)n(C)c2=O)CC1. The van der Waals surface area contributed by atoms with Crippen LogP contribution >= 0.6 is 0 Å². The van der Waals surface area contributed by atoms with Crippen molar-refractivity contribution < 1.29 is 8.42 Å². The highest BCUT2D eigenvalue weighted by atomic mass is 32.2. The van der Waals surface area contributed by atoms with Gasteiger partial charge in [-0.2, -0.15) is 4.31 Å². The Bertz CT molecular complexity index is 742. The van der Waals surface area contributed by atoms with Gasteiger partial charge in [0.15, 0.2) is 4.90 Å². The normalized spacial score (nSPS) is 18.0. The maximum atomic E-state index is 12.6. The average Bonchev–Trinajstić information content (AvgIpc) is 2.48. The number of sulfonamides is 1. The molecule has 0 spiro atoms. The van der Waals surface area contributed by atoms with Crippen molar-refractivity contribution in [3.05, 3.63) is 27.0 Å². The van der Waals surface area contributed by atoms with Gasteiger partial charge in [-0.1, -0.05) is 0 Å². The second-order valence-electron chi connectivity index (χ2n) is 5.22. The van der Waals surface area contributed by atoms with Crippen LogP contribution in [0.2, 0.25) is 0 Å². The fourth-order valence-electron chi connectivity index (χ4n) is 2.48. The first-order valence-electron chi connectivity index (χ1n) is 6.73. The first-order chi connectivity index (χ1) is 9.78. The van der Waals surface area contributed by atoms with Crippen LogP contribution in [0.3, 0.4) is 0 Å². The lowest BCUT2D eigenvalue weighted by molar-refractivity contribution is 0.298. The minimum absolute atomic E-state index is 0.291. The van der Waals surface area contributed by atoms with Crippen LogP contribution in [-0.4, -0.2) is 48.0 Å². The van der Waals surface area contributed by atoms with Gasteiger partial charge in [0.05, 0.1) is 0 Å². The van der Waals surface area contributed by atoms with Crippen molar-refractivity contribution >= 4 is 10.0 Å². The van der Waals surface area contributed by atoms with Crippen molar-refractivity contribution in [3.63, 3.8) is 0 Å². The molecule has 2 rings (SSSR count). The van der Waals surface area contributed by atoms with E-state index in [-0.39, 0.29) is 4.90 Å². The lowest BCUT2D eigenvalue weighted by Gasteiger charge is -2.30. The number of rotatable bonds is 3. The number of hydrogen-bond donors (Lipinski definition) is 1. The van der Waals surface area contributed by atoms with Crippen LogP contribution in [0.15, 0.2) is 20.7 Å². The lowest BCUT2D eigenvalue weighted by Crippen LogP contribution is -2.47. The van der Waals surface area contributed by atoms with Gasteiger partial charge in [-0.15, -0.1) is 0 Å². The Morgan fingerprint density at radius 2 is 1.76 bits per heavy atom. The standard InChI is InChI=1S/C12H20N4O4S/c1-13-9-4-6-16(7-5-9)21(19,20)10-8-14(2)12(18)15(3)11(10)17/h8-9,13H,4-7H2,1-3H3. The molecule has 2 heterocycles. The van der Waals surface area contributed by atoms with E-state index in [0.717, 1.165) is 15.3 Å². The summed E-state index contributed by atoms with van der Waals surface area (Å²) < 4.78 is 28.4. The summed E-state index contributed by atoms with van der Waals surface area (Å²) in [6, 6.07) is 0.291. The topological polar surface area (TPSA) is 93.4 Å². The zero-order valence-corrected chi connectivity index (χ0v) is 13.2. The summed E-state index contributed by atoms with van der Waals surface area (Å²) in [6.07, 6.45) is 2.49. The monoisotopic (exact) mass is 316 g/mol. The predicted molar refractivity (Wildman–Crippen MR) is 77.8 cm³/mol. The minimum atomic E-state index is -3.87. The van der Waals surface area contributed by atoms with Crippen molar-refractivity contribution in [2.24, 2.45) is 14.1 Å². The zero-order valence-electron chi connectivity index (χ0n) is 12.4. The van der Waals surface area contributed by atoms with E-state index in [1.807, 2.05) is 7.05 Å². The molecule has 9 heteroatoms. The third-order valence-electron chi connectivity index (χ3n) is 3.89. The Morgan fingerprint density at radius 3 is 2.29 bits per heavy atom. The number of piperidine rings is 1. The first-order valence-corrected chi connectivity index (χ1v) is 8.17. The quantitative estimate of drug-likeness (QED) is 0.729. The highest BCUT2D eigenvalue weighted by molar-refractivity contribution is 7.89. The van der Waals surface area contributed by atoms with Crippen molar-refractivity contribution in [3.8, 4) is 0 Å². The van der Waals surface area contributed by atoms with Crippen LogP contribution < -0.4 is 16.6 Å². The molecule has 1 aromatic rings. The third-order valence-corrected chi connectivity index (χ3v) is 5.78. The molecule has 1 saturated heterocycles. The van der Waals surface area contributed by atoms with E-state index >= 15 is 0 Å². The fraction of sp³-hybridized carbons (Fsp3) is 0.667. The van der Waals surface area contributed by atoms with Gasteiger partial charge in [-0.3, -0.25) is 9.36 Å². The highest BCUT2D eigenvalue weighted by Gasteiger charge is 2.31. The smallest absolute Gasteiger partial charge is 0.317 e. The minimum Gasteiger partial charge on any atom is -0.317 e. The van der Waals surface area contributed by atoms with E-state index in [1.165, 1.54) is 18.4 Å². The molecule has 8 nitrogen and oxygen atoms in total. The molecule has 118 valence electrons. The van der Waals surface area contributed by atoms with Crippen molar-refractivity contribution in [1.29, 1.82) is 0 Å². The van der Waals surface area contributed by atoms with E-state index in [9.17, 15) is 18.0 Å². The lowest BCUT2D eigenvalue weighted by atomic mass is 10.1. The molecule has 1 fully saturated rings. The molecule has 21 heavy (non-hydrogen) atoms. The maximum Gasteiger partial charge on any atom is 0.330 e. The largest absolute Gasteiger partial charge is 0.330 e. The predicted octanol–water partition coefficient (Wildman–Crippen LogP) is -1.54. The van der Waals surface area contributed by atoms with Crippen LogP contribution in [0, 0.1) is 0 Å². The van der Waals surface area contributed by atoms with Crippen molar-refractivity contribution in [1.82, 2.24) is 18.8 Å². The zero-order chi connectivity index (χ0) is 15.8. The average molecular weight is 316 g/mol. The van der Waals surface area contributed by atoms with Crippen molar-refractivity contribution in [2.75, 3.05) is 20.1 Å². The van der Waals surface area contributed by atoms with Crippen LogP contribution in [0.1, 0.15) is 12.8 Å². The molecule has 0 amide bonds. The Balaban J connectivity index is 2.42. The van der Waals surface area contributed by atoms with E-state index in [1.54, 1.807) is 0 Å². The van der Waals surface area contributed by atoms with Crippen LogP contribution in [0.25, 0.3) is 0 Å². The van der Waals surface area contributed by atoms with Gasteiger partial charge in [0.1, 0.15) is 0 Å². The molecule has 0 atom stereocenters. The van der Waals surface area contributed by atoms with Gasteiger partial charge in [0.2, 0.25) is 10.0 Å². The van der Waals surface area contributed by atoms with E-state index in [0.29, 0.717) is 32.0 Å². The van der Waals surface area contributed by atoms with Crippen molar-refractivity contribution in [2.45, 2.75) is 23.8 Å². The second kappa shape index (κ2) is 5.74. The molecule has 0 aromatic carbocycles. The summed E-state index contributed by atoms with van der Waals surface area (Å²) in [5.74, 6) is 0.